The molecule has 0 bridgehead atoms. The van der Waals surface area contributed by atoms with Crippen LogP contribution in [0.25, 0.3) is 10.7 Å². The fourth-order valence-corrected chi connectivity index (χ4v) is 2.26. The van der Waals surface area contributed by atoms with Crippen LogP contribution in [0.15, 0.2) is 22.0 Å². The van der Waals surface area contributed by atoms with E-state index in [-0.39, 0.29) is 25.3 Å². The van der Waals surface area contributed by atoms with Crippen LogP contribution in [0.1, 0.15) is 12.3 Å². The van der Waals surface area contributed by atoms with Crippen molar-refractivity contribution in [3.63, 3.8) is 0 Å². The molecular formula is C14H16N4O5S. The van der Waals surface area contributed by atoms with Crippen LogP contribution >= 0.6 is 11.3 Å². The first-order valence-electron chi connectivity index (χ1n) is 7.08. The number of nitrogens with one attached hydrogen (secondary N) is 2. The first kappa shape index (κ1) is 17.6. The lowest BCUT2D eigenvalue weighted by Crippen LogP contribution is -2.37. The van der Waals surface area contributed by atoms with Gasteiger partial charge in [-0.1, -0.05) is 11.2 Å². The number of carbonyl (C=O) groups is 3. The van der Waals surface area contributed by atoms with Gasteiger partial charge in [0.2, 0.25) is 17.6 Å². The fourth-order valence-electron chi connectivity index (χ4n) is 1.61. The number of aromatic nitrogens is 2. The van der Waals surface area contributed by atoms with E-state index in [1.165, 1.54) is 18.4 Å². The van der Waals surface area contributed by atoms with Crippen LogP contribution in [0.3, 0.4) is 0 Å². The number of rotatable bonds is 8. The van der Waals surface area contributed by atoms with Crippen LogP contribution < -0.4 is 10.6 Å². The molecule has 0 atom stereocenters. The van der Waals surface area contributed by atoms with Gasteiger partial charge in [-0.25, -0.2) is 0 Å². The number of carbonyl (C=O) groups excluding carboxylic acids is 3. The zero-order valence-electron chi connectivity index (χ0n) is 12.9. The molecule has 0 fully saturated rings. The van der Waals surface area contributed by atoms with Gasteiger partial charge in [-0.3, -0.25) is 14.4 Å². The Bertz CT molecular complexity index is 698. The van der Waals surface area contributed by atoms with Crippen molar-refractivity contribution in [2.24, 2.45) is 0 Å². The Morgan fingerprint density at radius 3 is 2.88 bits per heavy atom. The second-order valence-corrected chi connectivity index (χ2v) is 5.55. The summed E-state index contributed by atoms with van der Waals surface area (Å²) < 4.78 is 9.86. The minimum atomic E-state index is -0.569. The minimum absolute atomic E-state index is 0.00873. The fraction of sp³-hybridized carbons (Fsp3) is 0.357. The third kappa shape index (κ3) is 5.47. The zero-order valence-corrected chi connectivity index (χ0v) is 13.7. The SMILES string of the molecule is CNC(=O)CNC(=O)COC(=O)CCc1nc(-c2cccs2)no1. The number of esters is 1. The summed E-state index contributed by atoms with van der Waals surface area (Å²) in [5.41, 5.74) is 0. The lowest BCUT2D eigenvalue weighted by molar-refractivity contribution is -0.148. The first-order valence-corrected chi connectivity index (χ1v) is 7.96. The maximum atomic E-state index is 11.6. The molecule has 2 rings (SSSR count). The van der Waals surface area contributed by atoms with Gasteiger partial charge in [-0.05, 0) is 11.4 Å². The van der Waals surface area contributed by atoms with E-state index in [1.54, 1.807) is 0 Å². The Morgan fingerprint density at radius 2 is 2.17 bits per heavy atom. The van der Waals surface area contributed by atoms with Gasteiger partial charge in [-0.15, -0.1) is 11.3 Å². The Kier molecular flexibility index (Phi) is 6.43. The standard InChI is InChI=1S/C14H16N4O5S/c1-15-10(19)7-16-11(20)8-22-13(21)5-4-12-17-14(18-23-12)9-3-2-6-24-9/h2-3,6H,4-5,7-8H2,1H3,(H,15,19)(H,16,20). The van der Waals surface area contributed by atoms with E-state index in [0.717, 1.165) is 4.88 Å². The Hall–Kier alpha value is -2.75. The van der Waals surface area contributed by atoms with E-state index in [0.29, 0.717) is 11.7 Å². The quantitative estimate of drug-likeness (QED) is 0.648. The van der Waals surface area contributed by atoms with Crippen molar-refractivity contribution in [2.45, 2.75) is 12.8 Å². The van der Waals surface area contributed by atoms with Gasteiger partial charge in [0.1, 0.15) is 0 Å². The van der Waals surface area contributed by atoms with Crippen LogP contribution in [-0.4, -0.2) is 48.1 Å². The lowest BCUT2D eigenvalue weighted by atomic mass is 10.3. The van der Waals surface area contributed by atoms with Crippen molar-refractivity contribution in [3.05, 3.63) is 23.4 Å². The summed E-state index contributed by atoms with van der Waals surface area (Å²) >= 11 is 1.48. The predicted molar refractivity (Wildman–Crippen MR) is 84.0 cm³/mol. The van der Waals surface area contributed by atoms with Crippen LogP contribution in [0.2, 0.25) is 0 Å². The van der Waals surface area contributed by atoms with Gasteiger partial charge in [0.25, 0.3) is 5.91 Å². The van der Waals surface area contributed by atoms with Crippen LogP contribution in [-0.2, 0) is 25.5 Å². The summed E-state index contributed by atoms with van der Waals surface area (Å²) in [5, 5.41) is 10.4. The van der Waals surface area contributed by atoms with E-state index in [4.69, 9.17) is 9.26 Å². The van der Waals surface area contributed by atoms with E-state index < -0.39 is 18.5 Å². The number of amides is 2. The molecule has 9 nitrogen and oxygen atoms in total. The average Bonchev–Trinajstić information content (AvgIpc) is 3.26. The maximum Gasteiger partial charge on any atom is 0.306 e. The molecule has 2 aromatic heterocycles. The third-order valence-electron chi connectivity index (χ3n) is 2.84. The Labute approximate surface area is 141 Å². The van der Waals surface area contributed by atoms with Crippen molar-refractivity contribution in [2.75, 3.05) is 20.2 Å². The van der Waals surface area contributed by atoms with E-state index in [1.807, 2.05) is 17.5 Å². The number of hydrogen-bond acceptors (Lipinski definition) is 8. The topological polar surface area (TPSA) is 123 Å². The molecule has 2 heterocycles. The summed E-state index contributed by atoms with van der Waals surface area (Å²) in [5.74, 6) is -0.667. The van der Waals surface area contributed by atoms with Gasteiger partial charge in [0.05, 0.1) is 17.8 Å². The van der Waals surface area contributed by atoms with Gasteiger partial charge < -0.3 is 19.9 Å². The molecule has 2 aromatic rings. The van der Waals surface area contributed by atoms with E-state index in [2.05, 4.69) is 20.8 Å². The van der Waals surface area contributed by atoms with E-state index >= 15 is 0 Å². The molecule has 2 N–H and O–H groups in total. The van der Waals surface area contributed by atoms with Gasteiger partial charge >= 0.3 is 5.97 Å². The summed E-state index contributed by atoms with van der Waals surface area (Å²) in [6.45, 7) is -0.611. The third-order valence-corrected chi connectivity index (χ3v) is 3.71. The molecule has 0 spiro atoms. The Balaban J connectivity index is 1.68. The molecule has 0 saturated carbocycles. The molecule has 128 valence electrons. The summed E-state index contributed by atoms with van der Waals surface area (Å²) in [7, 11) is 1.45. The normalized spacial score (nSPS) is 10.2. The minimum Gasteiger partial charge on any atom is -0.456 e. The van der Waals surface area contributed by atoms with E-state index in [9.17, 15) is 14.4 Å². The lowest BCUT2D eigenvalue weighted by Gasteiger charge is -2.05. The number of thiophene rings is 1. The molecule has 10 heteroatoms. The van der Waals surface area contributed by atoms with Crippen LogP contribution in [0.5, 0.6) is 0 Å². The molecule has 0 unspecified atom stereocenters. The highest BCUT2D eigenvalue weighted by atomic mass is 32.1. The summed E-state index contributed by atoms with van der Waals surface area (Å²) in [4.78, 5) is 38.9. The molecule has 0 aliphatic heterocycles. The largest absolute Gasteiger partial charge is 0.456 e. The molecular weight excluding hydrogens is 336 g/mol. The number of likely N-dealkylation sites (N-methyl/N-ethyl adjacent to an activating group) is 1. The molecule has 0 aromatic carbocycles. The van der Waals surface area contributed by atoms with Crippen LogP contribution in [0, 0.1) is 0 Å². The van der Waals surface area contributed by atoms with Gasteiger partial charge in [0, 0.05) is 13.5 Å². The number of nitrogens with zero attached hydrogens (tertiary/aromatic N) is 2. The summed E-state index contributed by atoms with van der Waals surface area (Å²) in [6, 6.07) is 3.74. The summed E-state index contributed by atoms with van der Waals surface area (Å²) in [6.07, 6.45) is 0.228. The maximum absolute atomic E-state index is 11.6. The smallest absolute Gasteiger partial charge is 0.306 e. The van der Waals surface area contributed by atoms with Crippen molar-refractivity contribution in [1.29, 1.82) is 0 Å². The Morgan fingerprint density at radius 1 is 1.33 bits per heavy atom. The molecule has 0 radical (unpaired) electrons. The highest BCUT2D eigenvalue weighted by Gasteiger charge is 2.13. The van der Waals surface area contributed by atoms with Crippen molar-refractivity contribution in [1.82, 2.24) is 20.8 Å². The van der Waals surface area contributed by atoms with Crippen molar-refractivity contribution >= 4 is 29.1 Å². The molecule has 0 aliphatic carbocycles. The zero-order chi connectivity index (χ0) is 17.4. The predicted octanol–water partition coefficient (Wildman–Crippen LogP) is 0.136. The first-order chi connectivity index (χ1) is 11.6. The molecule has 0 saturated heterocycles. The van der Waals surface area contributed by atoms with Gasteiger partial charge in [-0.2, -0.15) is 4.98 Å². The van der Waals surface area contributed by atoms with Crippen molar-refractivity contribution in [3.8, 4) is 10.7 Å². The second kappa shape index (κ2) is 8.77. The number of aryl methyl sites for hydroxylation is 1. The second-order valence-electron chi connectivity index (χ2n) is 4.60. The number of hydrogen-bond donors (Lipinski definition) is 2. The molecule has 2 amide bonds. The molecule has 24 heavy (non-hydrogen) atoms. The van der Waals surface area contributed by atoms with Crippen LogP contribution in [0.4, 0.5) is 0 Å². The highest BCUT2D eigenvalue weighted by Crippen LogP contribution is 2.21. The molecule has 0 aliphatic rings. The average molecular weight is 352 g/mol. The monoisotopic (exact) mass is 352 g/mol. The number of ether oxygens (including phenoxy) is 1. The van der Waals surface area contributed by atoms with Gasteiger partial charge in [0.15, 0.2) is 6.61 Å². The van der Waals surface area contributed by atoms with Crippen molar-refractivity contribution < 1.29 is 23.6 Å². The highest BCUT2D eigenvalue weighted by molar-refractivity contribution is 7.13.